The molecule has 1 aromatic heterocycles. The minimum Gasteiger partial charge on any atom is -0.497 e. The molecule has 0 amide bonds. The lowest BCUT2D eigenvalue weighted by molar-refractivity contribution is 0.0435. The summed E-state index contributed by atoms with van der Waals surface area (Å²) in [6.07, 6.45) is -0.639. The van der Waals surface area contributed by atoms with Crippen LogP contribution in [0.25, 0.3) is 10.2 Å². The fourth-order valence-electron chi connectivity index (χ4n) is 2.91. The number of nitrogens with zero attached hydrogens (tertiary/aromatic N) is 1. The number of carbonyl (C=O) groups excluding carboxylic acids is 1. The number of aromatic nitrogens is 1. The first-order valence-corrected chi connectivity index (χ1v) is 8.63. The average Bonchev–Trinajstić information content (AvgIpc) is 3.20. The minimum atomic E-state index is -0.639. The smallest absolute Gasteiger partial charge is 0.344 e. The Hall–Kier alpha value is -3.00. The van der Waals surface area contributed by atoms with Gasteiger partial charge in [-0.1, -0.05) is 11.3 Å². The van der Waals surface area contributed by atoms with E-state index in [1.807, 2.05) is 18.2 Å². The molecule has 0 fully saturated rings. The zero-order chi connectivity index (χ0) is 18.3. The van der Waals surface area contributed by atoms with E-state index in [9.17, 15) is 4.79 Å². The van der Waals surface area contributed by atoms with Crippen molar-refractivity contribution in [2.75, 3.05) is 26.6 Å². The number of carbonyl (C=O) groups is 1. The van der Waals surface area contributed by atoms with Gasteiger partial charge >= 0.3 is 5.97 Å². The molecule has 134 valence electrons. The second kappa shape index (κ2) is 6.38. The molecule has 2 heterocycles. The van der Waals surface area contributed by atoms with Gasteiger partial charge < -0.3 is 24.3 Å². The first-order valence-electron chi connectivity index (χ1n) is 7.81. The fraction of sp³-hybridized carbons (Fsp3) is 0.222. The third-order valence-electron chi connectivity index (χ3n) is 4.14. The zero-order valence-corrected chi connectivity index (χ0v) is 15.2. The number of hydrogen-bond donors (Lipinski definition) is 1. The predicted octanol–water partition coefficient (Wildman–Crippen LogP) is 3.60. The number of esters is 1. The highest BCUT2D eigenvalue weighted by atomic mass is 32.1. The van der Waals surface area contributed by atoms with Gasteiger partial charge in [-0.3, -0.25) is 0 Å². The number of fused-ring (bicyclic) bond motifs is 2. The molecule has 0 radical (unpaired) electrons. The van der Waals surface area contributed by atoms with Gasteiger partial charge in [0.05, 0.1) is 31.5 Å². The molecule has 0 saturated carbocycles. The summed E-state index contributed by atoms with van der Waals surface area (Å²) in [6.45, 7) is 0. The molecular formula is C18H16N2O5S. The van der Waals surface area contributed by atoms with Gasteiger partial charge in [-0.25, -0.2) is 9.78 Å². The van der Waals surface area contributed by atoms with Crippen molar-refractivity contribution in [2.45, 2.75) is 6.23 Å². The maximum atomic E-state index is 12.3. The number of ether oxygens (including phenoxy) is 4. The van der Waals surface area contributed by atoms with Crippen LogP contribution in [0, 0.1) is 0 Å². The lowest BCUT2D eigenvalue weighted by Crippen LogP contribution is -2.09. The van der Waals surface area contributed by atoms with Gasteiger partial charge in [0.2, 0.25) is 6.23 Å². The molecule has 0 spiro atoms. The van der Waals surface area contributed by atoms with Crippen molar-refractivity contribution >= 4 is 32.7 Å². The topological polar surface area (TPSA) is 78.9 Å². The lowest BCUT2D eigenvalue weighted by atomic mass is 10.1. The molecule has 3 aromatic rings. The molecule has 1 atom stereocenters. The SMILES string of the molecule is COc1ccc2nc(N[C@@H]3OC(=O)c4c3ccc(OC)c4OC)sc2c1. The normalized spacial score (nSPS) is 15.5. The number of cyclic esters (lactones) is 1. The van der Waals surface area contributed by atoms with Crippen molar-refractivity contribution in [3.05, 3.63) is 41.5 Å². The number of hydrogen-bond acceptors (Lipinski definition) is 8. The summed E-state index contributed by atoms with van der Waals surface area (Å²) >= 11 is 1.46. The van der Waals surface area contributed by atoms with E-state index in [2.05, 4.69) is 10.3 Å². The lowest BCUT2D eigenvalue weighted by Gasteiger charge is -2.13. The van der Waals surface area contributed by atoms with Crippen LogP contribution in [0.15, 0.2) is 30.3 Å². The Labute approximate surface area is 153 Å². The van der Waals surface area contributed by atoms with Crippen molar-refractivity contribution in [1.29, 1.82) is 0 Å². The Morgan fingerprint density at radius 2 is 1.96 bits per heavy atom. The van der Waals surface area contributed by atoms with Gasteiger partial charge in [-0.05, 0) is 30.3 Å². The highest BCUT2D eigenvalue weighted by Crippen LogP contribution is 2.42. The second-order valence-electron chi connectivity index (χ2n) is 5.55. The summed E-state index contributed by atoms with van der Waals surface area (Å²) in [5, 5.41) is 3.82. The van der Waals surface area contributed by atoms with E-state index >= 15 is 0 Å². The van der Waals surface area contributed by atoms with Crippen LogP contribution in [0.1, 0.15) is 22.1 Å². The zero-order valence-electron chi connectivity index (χ0n) is 14.4. The Balaban J connectivity index is 1.68. The van der Waals surface area contributed by atoms with Crippen LogP contribution in [0.3, 0.4) is 0 Å². The van der Waals surface area contributed by atoms with Gasteiger partial charge in [0.1, 0.15) is 11.3 Å². The highest BCUT2D eigenvalue weighted by molar-refractivity contribution is 7.22. The number of anilines is 1. The van der Waals surface area contributed by atoms with Gasteiger partial charge in [-0.15, -0.1) is 0 Å². The van der Waals surface area contributed by atoms with Crippen LogP contribution < -0.4 is 19.5 Å². The quantitative estimate of drug-likeness (QED) is 0.686. The average molecular weight is 372 g/mol. The molecule has 7 nitrogen and oxygen atoms in total. The van der Waals surface area contributed by atoms with Crippen LogP contribution in [0.5, 0.6) is 17.2 Å². The molecule has 0 unspecified atom stereocenters. The molecule has 0 bridgehead atoms. The molecule has 1 aliphatic heterocycles. The molecule has 2 aromatic carbocycles. The van der Waals surface area contributed by atoms with Gasteiger partial charge in [0, 0.05) is 5.56 Å². The third kappa shape index (κ3) is 2.59. The van der Waals surface area contributed by atoms with E-state index in [-0.39, 0.29) is 0 Å². The molecule has 0 aliphatic carbocycles. The van der Waals surface area contributed by atoms with E-state index in [1.165, 1.54) is 25.6 Å². The van der Waals surface area contributed by atoms with E-state index in [0.29, 0.717) is 27.8 Å². The Morgan fingerprint density at radius 1 is 1.12 bits per heavy atom. The summed E-state index contributed by atoms with van der Waals surface area (Å²) in [7, 11) is 4.64. The number of benzene rings is 2. The van der Waals surface area contributed by atoms with E-state index in [4.69, 9.17) is 18.9 Å². The largest absolute Gasteiger partial charge is 0.497 e. The van der Waals surface area contributed by atoms with Crippen LogP contribution in [0.4, 0.5) is 5.13 Å². The van der Waals surface area contributed by atoms with E-state index < -0.39 is 12.2 Å². The van der Waals surface area contributed by atoms with Crippen LogP contribution in [-0.4, -0.2) is 32.3 Å². The summed E-state index contributed by atoms with van der Waals surface area (Å²) in [5.74, 6) is 1.16. The first kappa shape index (κ1) is 16.5. The second-order valence-corrected chi connectivity index (χ2v) is 6.58. The molecule has 0 saturated heterocycles. The number of thiazole rings is 1. The van der Waals surface area contributed by atoms with Crippen molar-refractivity contribution in [1.82, 2.24) is 4.98 Å². The van der Waals surface area contributed by atoms with Crippen molar-refractivity contribution in [3.8, 4) is 17.2 Å². The summed E-state index contributed by atoms with van der Waals surface area (Å²) < 4.78 is 22.3. The summed E-state index contributed by atoms with van der Waals surface area (Å²) in [4.78, 5) is 16.9. The standard InChI is InChI=1S/C18H16N2O5S/c1-22-9-4-6-11-13(8-9)26-18(19-11)20-16-10-5-7-12(23-2)15(24-3)14(10)17(21)25-16/h4-8,16H,1-3H3,(H,19,20)/t16-/m1/s1. The number of rotatable bonds is 5. The van der Waals surface area contributed by atoms with Crippen LogP contribution >= 0.6 is 11.3 Å². The first-order chi connectivity index (χ1) is 12.6. The Bertz CT molecular complexity index is 1000. The van der Waals surface area contributed by atoms with Gasteiger partial charge in [0.25, 0.3) is 0 Å². The predicted molar refractivity (Wildman–Crippen MR) is 97.5 cm³/mol. The van der Waals surface area contributed by atoms with Crippen molar-refractivity contribution in [2.24, 2.45) is 0 Å². The molecule has 4 rings (SSSR count). The fourth-order valence-corrected chi connectivity index (χ4v) is 3.83. The van der Waals surface area contributed by atoms with Crippen LogP contribution in [0.2, 0.25) is 0 Å². The van der Waals surface area contributed by atoms with Gasteiger partial charge in [0.15, 0.2) is 16.6 Å². The van der Waals surface area contributed by atoms with Crippen molar-refractivity contribution < 1.29 is 23.7 Å². The summed E-state index contributed by atoms with van der Waals surface area (Å²) in [6, 6.07) is 9.19. The van der Waals surface area contributed by atoms with Gasteiger partial charge in [-0.2, -0.15) is 0 Å². The summed E-state index contributed by atoms with van der Waals surface area (Å²) in [5.41, 5.74) is 1.90. The molecule has 8 heteroatoms. The molecule has 1 aliphatic rings. The molecular weight excluding hydrogens is 356 g/mol. The number of methoxy groups -OCH3 is 3. The number of nitrogens with one attached hydrogen (secondary N) is 1. The third-order valence-corrected chi connectivity index (χ3v) is 5.09. The van der Waals surface area contributed by atoms with Crippen molar-refractivity contribution in [3.63, 3.8) is 0 Å². The molecule has 26 heavy (non-hydrogen) atoms. The van der Waals surface area contributed by atoms with Crippen LogP contribution in [-0.2, 0) is 4.74 Å². The monoisotopic (exact) mass is 372 g/mol. The molecule has 1 N–H and O–H groups in total. The van der Waals surface area contributed by atoms with E-state index in [1.54, 1.807) is 19.2 Å². The van der Waals surface area contributed by atoms with E-state index in [0.717, 1.165) is 16.0 Å². The maximum Gasteiger partial charge on any atom is 0.344 e. The Kier molecular flexibility index (Phi) is 4.04. The Morgan fingerprint density at radius 3 is 2.69 bits per heavy atom. The highest BCUT2D eigenvalue weighted by Gasteiger charge is 2.36. The minimum absolute atomic E-state index is 0.368. The maximum absolute atomic E-state index is 12.3.